The summed E-state index contributed by atoms with van der Waals surface area (Å²) < 4.78 is 36.7. The summed E-state index contributed by atoms with van der Waals surface area (Å²) in [4.78, 5) is 39.7. The minimum atomic E-state index is -2.12. The van der Waals surface area contributed by atoms with Gasteiger partial charge in [0.1, 0.15) is 48.2 Å². The van der Waals surface area contributed by atoms with E-state index in [0.29, 0.717) is 0 Å². The van der Waals surface area contributed by atoms with Gasteiger partial charge in [0.05, 0.1) is 41.9 Å². The molecule has 2 heterocycles. The van der Waals surface area contributed by atoms with Crippen molar-refractivity contribution in [3.8, 4) is 11.5 Å². The fraction of sp³-hybridized carbons (Fsp3) is 0.516. The molecule has 242 valence electrons. The second-order valence-corrected chi connectivity index (χ2v) is 12.2. The number of phenolic OH excluding ortho intramolecular Hbond substituents is 2. The summed E-state index contributed by atoms with van der Waals surface area (Å²) in [6.07, 6.45) is -6.65. The average molecular weight is 632 g/mol. The van der Waals surface area contributed by atoms with Gasteiger partial charge in [-0.3, -0.25) is 14.4 Å². The summed E-state index contributed by atoms with van der Waals surface area (Å²) in [6.45, 7) is 2.68. The minimum absolute atomic E-state index is 0.0202. The first-order chi connectivity index (χ1) is 21.2. The number of phenols is 2. The molecule has 45 heavy (non-hydrogen) atoms. The summed E-state index contributed by atoms with van der Waals surface area (Å²) in [5.41, 5.74) is -4.60. The first kappa shape index (κ1) is 31.6. The van der Waals surface area contributed by atoms with E-state index in [9.17, 15) is 44.4 Å². The molecule has 0 saturated carbocycles. The van der Waals surface area contributed by atoms with Crippen LogP contribution < -0.4 is 0 Å². The molecule has 2 saturated heterocycles. The standard InChI is InChI=1S/C31H34FNO12/c1-13-26(35)18(33(41)7-8-43-21(12-33)42-3)9-20(44-13)45-19-11-31(40,14(2)34)10-16-23(19)30(39)25-24(28(16)37)27(36)15-5-4-6-17(32)22(15)29(25)38/h4-6,13,18-21,26,35,37,39-40H,7-12H2,1-3H3/t13-,18?,19-,20-,21-,26+,31-,33?/m0/s1. The zero-order chi connectivity index (χ0) is 32.6. The van der Waals surface area contributed by atoms with Crippen LogP contribution in [0.4, 0.5) is 4.39 Å². The molecule has 2 fully saturated rings. The van der Waals surface area contributed by atoms with E-state index in [1.165, 1.54) is 19.2 Å². The average Bonchev–Trinajstić information content (AvgIpc) is 2.98. The number of ether oxygens (including phenoxy) is 4. The number of carbonyl (C=O) groups excluding carboxylic acids is 3. The third-order valence-electron chi connectivity index (χ3n) is 9.59. The van der Waals surface area contributed by atoms with Gasteiger partial charge in [-0.05, 0) is 19.9 Å². The molecule has 2 aromatic rings. The number of hydrogen-bond donors (Lipinski definition) is 4. The van der Waals surface area contributed by atoms with Crippen LogP contribution in [-0.2, 0) is 30.2 Å². The number of quaternary nitrogens is 1. The third kappa shape index (κ3) is 4.96. The highest BCUT2D eigenvalue weighted by molar-refractivity contribution is 6.30. The number of fused-ring (bicyclic) bond motifs is 3. The molecule has 4 N–H and O–H groups in total. The Kier molecular flexibility index (Phi) is 7.85. The molecule has 2 aliphatic heterocycles. The zero-order valence-corrected chi connectivity index (χ0v) is 24.8. The molecular weight excluding hydrogens is 597 g/mol. The van der Waals surface area contributed by atoms with Crippen LogP contribution in [0.2, 0.25) is 0 Å². The molecule has 2 aliphatic carbocycles. The Morgan fingerprint density at radius 2 is 1.84 bits per heavy atom. The maximum Gasteiger partial charge on any atom is 0.207 e. The van der Waals surface area contributed by atoms with Gasteiger partial charge in [0, 0.05) is 36.6 Å². The van der Waals surface area contributed by atoms with E-state index in [1.54, 1.807) is 6.92 Å². The van der Waals surface area contributed by atoms with Gasteiger partial charge in [0.2, 0.25) is 12.1 Å². The largest absolute Gasteiger partial charge is 0.632 e. The number of hydrogen-bond acceptors (Lipinski definition) is 12. The minimum Gasteiger partial charge on any atom is -0.632 e. The van der Waals surface area contributed by atoms with Crippen LogP contribution in [-0.4, -0.2) is 106 Å². The topological polar surface area (TPSA) is 192 Å². The number of hydroxylamine groups is 3. The van der Waals surface area contributed by atoms with Gasteiger partial charge in [-0.1, -0.05) is 12.1 Å². The van der Waals surface area contributed by atoms with Crippen LogP contribution >= 0.6 is 0 Å². The number of halogens is 1. The fourth-order valence-electron chi connectivity index (χ4n) is 7.07. The molecule has 0 radical (unpaired) electrons. The highest BCUT2D eigenvalue weighted by Gasteiger charge is 2.51. The fourth-order valence-corrected chi connectivity index (χ4v) is 7.07. The van der Waals surface area contributed by atoms with E-state index in [0.717, 1.165) is 13.0 Å². The molecule has 0 amide bonds. The number of morpholine rings is 1. The van der Waals surface area contributed by atoms with Gasteiger partial charge in [0.25, 0.3) is 0 Å². The Labute approximate surface area is 256 Å². The number of nitrogens with zero attached hydrogens (tertiary/aromatic N) is 1. The molecule has 0 bridgehead atoms. The van der Waals surface area contributed by atoms with Crippen LogP contribution in [0.5, 0.6) is 11.5 Å². The summed E-state index contributed by atoms with van der Waals surface area (Å²) in [6, 6.07) is 2.48. The van der Waals surface area contributed by atoms with Crippen molar-refractivity contribution in [1.29, 1.82) is 0 Å². The summed E-state index contributed by atoms with van der Waals surface area (Å²) >= 11 is 0. The highest BCUT2D eigenvalue weighted by atomic mass is 19.1. The van der Waals surface area contributed by atoms with Crippen LogP contribution in [0.25, 0.3) is 0 Å². The van der Waals surface area contributed by atoms with E-state index < -0.39 is 111 Å². The SMILES string of the molecule is CO[C@@H]1C[N+]([O-])(C2C[C@H](O[C@H]3C[C@](O)(C(C)=O)Cc4c(O)c5c(c(O)c43)C(=O)c3c(F)cccc3C5=O)O[C@@H](C)[C@H]2O)CCO1. The van der Waals surface area contributed by atoms with Crippen molar-refractivity contribution in [2.45, 2.75) is 75.6 Å². The lowest BCUT2D eigenvalue weighted by Gasteiger charge is -2.56. The van der Waals surface area contributed by atoms with Crippen molar-refractivity contribution in [2.24, 2.45) is 0 Å². The molecule has 2 aromatic carbocycles. The molecular formula is C31H34FNO12. The van der Waals surface area contributed by atoms with Gasteiger partial charge in [-0.25, -0.2) is 4.39 Å². The zero-order valence-electron chi connectivity index (χ0n) is 24.8. The number of rotatable bonds is 5. The molecule has 13 nitrogen and oxygen atoms in total. The van der Waals surface area contributed by atoms with Gasteiger partial charge < -0.3 is 49.2 Å². The maximum atomic E-state index is 14.8. The Balaban J connectivity index is 1.42. The number of aromatic hydroxyl groups is 2. The van der Waals surface area contributed by atoms with Crippen LogP contribution in [0.15, 0.2) is 18.2 Å². The number of aliphatic hydroxyl groups excluding tert-OH is 1. The lowest BCUT2D eigenvalue weighted by molar-refractivity contribution is -0.926. The molecule has 0 aromatic heterocycles. The molecule has 14 heteroatoms. The van der Waals surface area contributed by atoms with Crippen molar-refractivity contribution < 1.29 is 62.8 Å². The van der Waals surface area contributed by atoms with E-state index in [2.05, 4.69) is 0 Å². The Hall–Kier alpha value is -3.34. The molecule has 4 aliphatic rings. The summed E-state index contributed by atoms with van der Waals surface area (Å²) in [7, 11) is 1.40. The summed E-state index contributed by atoms with van der Waals surface area (Å²) in [5.74, 6) is -5.17. The Morgan fingerprint density at radius 1 is 1.13 bits per heavy atom. The number of Topliss-reactive ketones (excluding diaryl/α,β-unsaturated/α-hetero) is 1. The predicted molar refractivity (Wildman–Crippen MR) is 150 cm³/mol. The predicted octanol–water partition coefficient (Wildman–Crippen LogP) is 1.52. The van der Waals surface area contributed by atoms with Gasteiger partial charge in [0.15, 0.2) is 17.9 Å². The smallest absolute Gasteiger partial charge is 0.207 e. The van der Waals surface area contributed by atoms with Crippen LogP contribution in [0, 0.1) is 11.0 Å². The molecule has 0 spiro atoms. The van der Waals surface area contributed by atoms with E-state index in [4.69, 9.17) is 18.9 Å². The van der Waals surface area contributed by atoms with Crippen molar-refractivity contribution in [1.82, 2.24) is 0 Å². The Morgan fingerprint density at radius 3 is 2.53 bits per heavy atom. The Bertz CT molecular complexity index is 1600. The monoisotopic (exact) mass is 631 g/mol. The van der Waals surface area contributed by atoms with Crippen molar-refractivity contribution >= 4 is 17.3 Å². The van der Waals surface area contributed by atoms with Gasteiger partial charge in [-0.15, -0.1) is 0 Å². The maximum absolute atomic E-state index is 14.8. The molecule has 2 unspecified atom stereocenters. The van der Waals surface area contributed by atoms with E-state index in [1.807, 2.05) is 0 Å². The number of methoxy groups -OCH3 is 1. The second kappa shape index (κ2) is 11.2. The second-order valence-electron chi connectivity index (χ2n) is 12.2. The van der Waals surface area contributed by atoms with E-state index in [-0.39, 0.29) is 42.8 Å². The lowest BCUT2D eigenvalue weighted by atomic mass is 9.72. The summed E-state index contributed by atoms with van der Waals surface area (Å²) in [5, 5.41) is 59.3. The highest BCUT2D eigenvalue weighted by Crippen LogP contribution is 2.52. The van der Waals surface area contributed by atoms with Crippen molar-refractivity contribution in [3.63, 3.8) is 0 Å². The number of ketones is 3. The van der Waals surface area contributed by atoms with Crippen molar-refractivity contribution in [2.75, 3.05) is 26.8 Å². The van der Waals surface area contributed by atoms with Gasteiger partial charge in [-0.2, -0.15) is 0 Å². The third-order valence-corrected chi connectivity index (χ3v) is 9.59. The van der Waals surface area contributed by atoms with E-state index >= 15 is 0 Å². The van der Waals surface area contributed by atoms with Crippen LogP contribution in [0.3, 0.4) is 0 Å². The quantitative estimate of drug-likeness (QED) is 0.181. The normalized spacial score (nSPS) is 34.6. The van der Waals surface area contributed by atoms with Crippen molar-refractivity contribution in [3.05, 3.63) is 62.6 Å². The van der Waals surface area contributed by atoms with Crippen LogP contribution in [0.1, 0.15) is 75.8 Å². The number of carbonyl (C=O) groups is 3. The number of benzene rings is 2. The molecule has 8 atom stereocenters. The first-order valence-electron chi connectivity index (χ1n) is 14.6. The van der Waals surface area contributed by atoms with Gasteiger partial charge >= 0.3 is 0 Å². The lowest BCUT2D eigenvalue weighted by Crippen LogP contribution is -2.67. The number of aliphatic hydroxyl groups is 2. The molecule has 6 rings (SSSR count). The first-order valence-corrected chi connectivity index (χ1v) is 14.6.